The first-order valence-corrected chi connectivity index (χ1v) is 8.85. The molecule has 1 aliphatic heterocycles. The molecular weight excluding hydrogens is 310 g/mol. The van der Waals surface area contributed by atoms with Crippen LogP contribution in [0.5, 0.6) is 0 Å². The number of hydrogen-bond donors (Lipinski definition) is 0. The van der Waals surface area contributed by atoms with E-state index in [1.807, 2.05) is 11.4 Å². The van der Waals surface area contributed by atoms with E-state index < -0.39 is 10.2 Å². The van der Waals surface area contributed by atoms with Crippen LogP contribution in [0, 0.1) is 6.92 Å². The summed E-state index contributed by atoms with van der Waals surface area (Å²) in [5, 5.41) is 2.01. The maximum absolute atomic E-state index is 12.5. The molecule has 3 rings (SSSR count). The fourth-order valence-corrected chi connectivity index (χ4v) is 4.49. The molecule has 0 N–H and O–H groups in total. The van der Waals surface area contributed by atoms with E-state index in [9.17, 15) is 8.42 Å². The number of aryl methyl sites for hydroxylation is 1. The van der Waals surface area contributed by atoms with E-state index in [1.54, 1.807) is 24.5 Å². The van der Waals surface area contributed by atoms with Gasteiger partial charge in [-0.3, -0.25) is 0 Å². The van der Waals surface area contributed by atoms with E-state index in [2.05, 4.69) is 4.98 Å². The Morgan fingerprint density at radius 1 is 1.48 bits per heavy atom. The van der Waals surface area contributed by atoms with Crippen molar-refractivity contribution in [3.63, 3.8) is 0 Å². The summed E-state index contributed by atoms with van der Waals surface area (Å²) in [5.41, 5.74) is 1.60. The van der Waals surface area contributed by atoms with Crippen molar-refractivity contribution in [2.45, 2.75) is 19.4 Å². The molecule has 0 saturated heterocycles. The van der Waals surface area contributed by atoms with Crippen LogP contribution < -0.4 is 0 Å². The summed E-state index contributed by atoms with van der Waals surface area (Å²) in [6.07, 6.45) is 2.08. The number of rotatable bonds is 3. The van der Waals surface area contributed by atoms with Gasteiger partial charge >= 0.3 is 10.2 Å². The third-order valence-corrected chi connectivity index (χ3v) is 6.40. The van der Waals surface area contributed by atoms with Gasteiger partial charge in [-0.15, -0.1) is 11.3 Å². The number of hydrogen-bond acceptors (Lipinski definition) is 5. The van der Waals surface area contributed by atoms with Crippen molar-refractivity contribution >= 4 is 21.5 Å². The number of imidazole rings is 1. The van der Waals surface area contributed by atoms with Crippen molar-refractivity contribution < 1.29 is 13.2 Å². The molecular formula is C13H17N3O3S2. The molecule has 6 nitrogen and oxygen atoms in total. The molecule has 0 radical (unpaired) electrons. The number of aromatic nitrogens is 2. The zero-order valence-corrected chi connectivity index (χ0v) is 13.7. The Balaban J connectivity index is 2.15. The van der Waals surface area contributed by atoms with Crippen LogP contribution in [-0.4, -0.2) is 42.4 Å². The third-order valence-electron chi connectivity index (χ3n) is 3.55. The zero-order valence-electron chi connectivity index (χ0n) is 12.1. The van der Waals surface area contributed by atoms with Crippen LogP contribution in [0.15, 0.2) is 17.6 Å². The third kappa shape index (κ3) is 2.32. The lowest BCUT2D eigenvalue weighted by Gasteiger charge is -2.25. The van der Waals surface area contributed by atoms with E-state index in [0.717, 1.165) is 12.0 Å². The second-order valence-electron chi connectivity index (χ2n) is 5.08. The lowest BCUT2D eigenvalue weighted by molar-refractivity contribution is 0.0677. The fraction of sp³-hybridized carbons (Fsp3) is 0.462. The van der Waals surface area contributed by atoms with E-state index in [-0.39, 0.29) is 6.10 Å². The van der Waals surface area contributed by atoms with Crippen molar-refractivity contribution in [3.05, 3.63) is 39.6 Å². The van der Waals surface area contributed by atoms with E-state index in [1.165, 1.54) is 27.3 Å². The van der Waals surface area contributed by atoms with Gasteiger partial charge in [-0.2, -0.15) is 12.7 Å². The summed E-state index contributed by atoms with van der Waals surface area (Å²) in [6, 6.07) is 2.00. The standard InChI is InChI=1S/C13H17N3O3S2/c1-9-14-8-11(16(9)21(17,18)15(2)3)13-10-5-7-20-12(10)4-6-19-13/h5,7-8,13H,4,6H2,1-3H3/t13-/m1/s1. The molecule has 0 amide bonds. The molecule has 21 heavy (non-hydrogen) atoms. The predicted octanol–water partition coefficient (Wildman–Crippen LogP) is 1.57. The number of ether oxygens (including phenoxy) is 1. The van der Waals surface area contributed by atoms with Crippen molar-refractivity contribution in [2.24, 2.45) is 0 Å². The molecule has 0 bridgehead atoms. The van der Waals surface area contributed by atoms with Gasteiger partial charge in [0.2, 0.25) is 0 Å². The van der Waals surface area contributed by atoms with Crippen LogP contribution in [0.3, 0.4) is 0 Å². The monoisotopic (exact) mass is 327 g/mol. The van der Waals surface area contributed by atoms with Crippen LogP contribution in [-0.2, 0) is 21.4 Å². The first-order chi connectivity index (χ1) is 9.93. The van der Waals surface area contributed by atoms with Crippen LogP contribution in [0.1, 0.15) is 28.1 Å². The molecule has 0 unspecified atom stereocenters. The molecule has 0 aromatic carbocycles. The van der Waals surface area contributed by atoms with Crippen molar-refractivity contribution in [2.75, 3.05) is 20.7 Å². The molecule has 0 aliphatic carbocycles. The Morgan fingerprint density at radius 2 is 2.24 bits per heavy atom. The van der Waals surface area contributed by atoms with Crippen LogP contribution in [0.4, 0.5) is 0 Å². The van der Waals surface area contributed by atoms with Gasteiger partial charge in [-0.05, 0) is 18.4 Å². The maximum Gasteiger partial charge on any atom is 0.308 e. The molecule has 0 saturated carbocycles. The van der Waals surface area contributed by atoms with E-state index >= 15 is 0 Å². The average Bonchev–Trinajstić information content (AvgIpc) is 3.04. The van der Waals surface area contributed by atoms with Gasteiger partial charge in [0, 0.05) is 31.0 Å². The highest BCUT2D eigenvalue weighted by atomic mass is 32.2. The van der Waals surface area contributed by atoms with Gasteiger partial charge in [0.1, 0.15) is 11.9 Å². The molecule has 2 aromatic heterocycles. The highest BCUT2D eigenvalue weighted by molar-refractivity contribution is 7.87. The minimum Gasteiger partial charge on any atom is -0.367 e. The second-order valence-corrected chi connectivity index (χ2v) is 8.08. The summed E-state index contributed by atoms with van der Waals surface area (Å²) >= 11 is 1.68. The van der Waals surface area contributed by atoms with E-state index in [4.69, 9.17) is 4.74 Å². The minimum absolute atomic E-state index is 0.379. The Morgan fingerprint density at radius 3 is 2.95 bits per heavy atom. The Labute approximate surface area is 128 Å². The second kappa shape index (κ2) is 5.20. The van der Waals surface area contributed by atoms with Crippen molar-refractivity contribution in [3.8, 4) is 0 Å². The highest BCUT2D eigenvalue weighted by Gasteiger charge is 2.31. The van der Waals surface area contributed by atoms with Gasteiger partial charge in [-0.25, -0.2) is 8.96 Å². The highest BCUT2D eigenvalue weighted by Crippen LogP contribution is 2.36. The normalized spacial score (nSPS) is 19.0. The summed E-state index contributed by atoms with van der Waals surface area (Å²) in [6.45, 7) is 2.27. The SMILES string of the molecule is Cc1ncc([C@@H]2OCCc3sccc32)n1S(=O)(=O)N(C)C. The zero-order chi connectivity index (χ0) is 15.2. The van der Waals surface area contributed by atoms with Gasteiger partial charge in [0.15, 0.2) is 0 Å². The molecule has 0 spiro atoms. The van der Waals surface area contributed by atoms with Crippen molar-refractivity contribution in [1.82, 2.24) is 13.3 Å². The van der Waals surface area contributed by atoms with E-state index in [0.29, 0.717) is 18.1 Å². The van der Waals surface area contributed by atoms with Crippen LogP contribution in [0.25, 0.3) is 0 Å². The molecule has 3 heterocycles. The number of fused-ring (bicyclic) bond motifs is 1. The summed E-state index contributed by atoms with van der Waals surface area (Å²) in [4.78, 5) is 5.43. The molecule has 1 aliphatic rings. The fourth-order valence-electron chi connectivity index (χ4n) is 2.48. The number of nitrogens with zero attached hydrogens (tertiary/aromatic N) is 3. The molecule has 1 atom stereocenters. The van der Waals surface area contributed by atoms with Gasteiger partial charge in [-0.1, -0.05) is 0 Å². The molecule has 0 fully saturated rings. The Kier molecular flexibility index (Phi) is 3.64. The summed E-state index contributed by atoms with van der Waals surface area (Å²) < 4.78 is 33.3. The minimum atomic E-state index is -3.62. The quantitative estimate of drug-likeness (QED) is 0.858. The topological polar surface area (TPSA) is 64.4 Å². The molecule has 8 heteroatoms. The van der Waals surface area contributed by atoms with Crippen LogP contribution >= 0.6 is 11.3 Å². The molecule has 2 aromatic rings. The largest absolute Gasteiger partial charge is 0.367 e. The first-order valence-electron chi connectivity index (χ1n) is 6.58. The first kappa shape index (κ1) is 14.7. The Bertz CT molecular complexity index is 761. The Hall–Kier alpha value is -1.22. The summed E-state index contributed by atoms with van der Waals surface area (Å²) in [7, 11) is -0.598. The number of thiophene rings is 1. The summed E-state index contributed by atoms with van der Waals surface area (Å²) in [5.74, 6) is 0.435. The van der Waals surface area contributed by atoms with Gasteiger partial charge in [0.05, 0.1) is 18.5 Å². The molecule has 114 valence electrons. The average molecular weight is 327 g/mol. The smallest absolute Gasteiger partial charge is 0.308 e. The maximum atomic E-state index is 12.5. The predicted molar refractivity (Wildman–Crippen MR) is 80.8 cm³/mol. The van der Waals surface area contributed by atoms with Crippen molar-refractivity contribution in [1.29, 1.82) is 0 Å². The van der Waals surface area contributed by atoms with Gasteiger partial charge < -0.3 is 4.74 Å². The van der Waals surface area contributed by atoms with Gasteiger partial charge in [0.25, 0.3) is 0 Å². The van der Waals surface area contributed by atoms with Crippen LogP contribution in [0.2, 0.25) is 0 Å². The lowest BCUT2D eigenvalue weighted by atomic mass is 10.0. The lowest BCUT2D eigenvalue weighted by Crippen LogP contribution is -2.32.